The highest BCUT2D eigenvalue weighted by atomic mass is 16.7. The SMILES string of the molecule is O=C(CC1CCN(C2CC2)CC1)N1CCC2(CC1)OCCO2. The van der Waals surface area contributed by atoms with Crippen LogP contribution in [0.1, 0.15) is 44.9 Å². The quantitative estimate of drug-likeness (QED) is 0.794. The maximum absolute atomic E-state index is 12.5. The van der Waals surface area contributed by atoms with Crippen LogP contribution in [0.2, 0.25) is 0 Å². The van der Waals surface area contributed by atoms with E-state index in [-0.39, 0.29) is 5.79 Å². The fourth-order valence-electron chi connectivity index (χ4n) is 4.22. The second-order valence-corrected chi connectivity index (χ2v) is 7.40. The first kappa shape index (κ1) is 14.9. The Balaban J connectivity index is 1.21. The zero-order chi connectivity index (χ0) is 15.0. The van der Waals surface area contributed by atoms with Crippen molar-refractivity contribution < 1.29 is 14.3 Å². The molecule has 4 rings (SSSR count). The number of ether oxygens (including phenoxy) is 2. The number of rotatable bonds is 3. The molecule has 0 aromatic rings. The molecule has 1 aliphatic carbocycles. The second-order valence-electron chi connectivity index (χ2n) is 7.40. The molecule has 0 unspecified atom stereocenters. The van der Waals surface area contributed by atoms with Crippen molar-refractivity contribution in [3.63, 3.8) is 0 Å². The largest absolute Gasteiger partial charge is 0.347 e. The number of hydrogen-bond donors (Lipinski definition) is 0. The summed E-state index contributed by atoms with van der Waals surface area (Å²) in [5.41, 5.74) is 0. The van der Waals surface area contributed by atoms with E-state index in [4.69, 9.17) is 9.47 Å². The lowest BCUT2D eigenvalue weighted by molar-refractivity contribution is -0.187. The Morgan fingerprint density at radius 2 is 1.59 bits per heavy atom. The summed E-state index contributed by atoms with van der Waals surface area (Å²) in [4.78, 5) is 17.2. The van der Waals surface area contributed by atoms with Crippen molar-refractivity contribution in [3.05, 3.63) is 0 Å². The number of amides is 1. The molecule has 4 fully saturated rings. The smallest absolute Gasteiger partial charge is 0.222 e. The molecule has 124 valence electrons. The normalized spacial score (nSPS) is 30.1. The number of carbonyl (C=O) groups is 1. The fourth-order valence-corrected chi connectivity index (χ4v) is 4.22. The van der Waals surface area contributed by atoms with E-state index in [1.807, 2.05) is 4.90 Å². The number of hydrogen-bond acceptors (Lipinski definition) is 4. The Bertz CT molecular complexity index is 400. The highest BCUT2D eigenvalue weighted by Gasteiger charge is 2.41. The molecule has 22 heavy (non-hydrogen) atoms. The van der Waals surface area contributed by atoms with E-state index in [0.29, 0.717) is 25.0 Å². The van der Waals surface area contributed by atoms with Crippen LogP contribution in [0, 0.1) is 5.92 Å². The van der Waals surface area contributed by atoms with Crippen LogP contribution in [-0.2, 0) is 14.3 Å². The first-order chi connectivity index (χ1) is 10.7. The summed E-state index contributed by atoms with van der Waals surface area (Å²) >= 11 is 0. The molecular formula is C17H28N2O3. The van der Waals surface area contributed by atoms with Crippen molar-refractivity contribution in [2.45, 2.75) is 56.8 Å². The lowest BCUT2D eigenvalue weighted by Gasteiger charge is -2.38. The van der Waals surface area contributed by atoms with Gasteiger partial charge in [0.25, 0.3) is 0 Å². The van der Waals surface area contributed by atoms with Crippen LogP contribution in [0.3, 0.4) is 0 Å². The molecule has 5 nitrogen and oxygen atoms in total. The lowest BCUT2D eigenvalue weighted by atomic mass is 9.92. The lowest BCUT2D eigenvalue weighted by Crippen LogP contribution is -2.48. The third-order valence-corrected chi connectivity index (χ3v) is 5.87. The average Bonchev–Trinajstić information content (AvgIpc) is 3.30. The monoisotopic (exact) mass is 308 g/mol. The minimum absolute atomic E-state index is 0.345. The summed E-state index contributed by atoms with van der Waals surface area (Å²) in [7, 11) is 0. The van der Waals surface area contributed by atoms with E-state index in [9.17, 15) is 4.79 Å². The van der Waals surface area contributed by atoms with Gasteiger partial charge in [-0.15, -0.1) is 0 Å². The Morgan fingerprint density at radius 1 is 0.955 bits per heavy atom. The molecule has 4 aliphatic rings. The molecule has 0 aromatic heterocycles. The molecular weight excluding hydrogens is 280 g/mol. The predicted octanol–water partition coefficient (Wildman–Crippen LogP) is 1.62. The molecule has 0 atom stereocenters. The zero-order valence-corrected chi connectivity index (χ0v) is 13.5. The highest BCUT2D eigenvalue weighted by Crippen LogP contribution is 2.33. The maximum atomic E-state index is 12.5. The number of carbonyl (C=O) groups excluding carboxylic acids is 1. The van der Waals surface area contributed by atoms with Gasteiger partial charge in [-0.2, -0.15) is 0 Å². The molecule has 1 amide bonds. The number of nitrogens with zero attached hydrogens (tertiary/aromatic N) is 2. The van der Waals surface area contributed by atoms with Crippen LogP contribution < -0.4 is 0 Å². The molecule has 0 N–H and O–H groups in total. The van der Waals surface area contributed by atoms with E-state index in [1.165, 1.54) is 38.8 Å². The minimum atomic E-state index is -0.369. The van der Waals surface area contributed by atoms with E-state index < -0.39 is 0 Å². The molecule has 3 aliphatic heterocycles. The molecule has 0 radical (unpaired) electrons. The maximum Gasteiger partial charge on any atom is 0.222 e. The Labute approximate surface area is 132 Å². The van der Waals surface area contributed by atoms with Gasteiger partial charge in [0.05, 0.1) is 13.2 Å². The van der Waals surface area contributed by atoms with Gasteiger partial charge in [0.15, 0.2) is 5.79 Å². The minimum Gasteiger partial charge on any atom is -0.347 e. The third kappa shape index (κ3) is 3.17. The van der Waals surface area contributed by atoms with Gasteiger partial charge in [0, 0.05) is 38.4 Å². The van der Waals surface area contributed by atoms with Gasteiger partial charge in [-0.25, -0.2) is 0 Å². The van der Waals surface area contributed by atoms with Crippen molar-refractivity contribution in [2.24, 2.45) is 5.92 Å². The van der Waals surface area contributed by atoms with Crippen molar-refractivity contribution >= 4 is 5.91 Å². The Hall–Kier alpha value is -0.650. The van der Waals surface area contributed by atoms with Crippen molar-refractivity contribution in [2.75, 3.05) is 39.4 Å². The first-order valence-corrected chi connectivity index (χ1v) is 9.04. The van der Waals surface area contributed by atoms with Crippen LogP contribution in [0.4, 0.5) is 0 Å². The standard InChI is InChI=1S/C17H28N2O3/c20-16(13-14-3-7-18(8-4-14)15-1-2-15)19-9-5-17(6-10-19)21-11-12-22-17/h14-15H,1-13H2. The molecule has 0 bridgehead atoms. The summed E-state index contributed by atoms with van der Waals surface area (Å²) in [6.07, 6.45) is 7.59. The molecule has 3 heterocycles. The summed E-state index contributed by atoms with van der Waals surface area (Å²) in [6.45, 7) is 5.39. The highest BCUT2D eigenvalue weighted by molar-refractivity contribution is 5.76. The van der Waals surface area contributed by atoms with Gasteiger partial charge < -0.3 is 19.3 Å². The van der Waals surface area contributed by atoms with Gasteiger partial charge in [0.1, 0.15) is 0 Å². The summed E-state index contributed by atoms with van der Waals surface area (Å²) in [5, 5.41) is 0. The summed E-state index contributed by atoms with van der Waals surface area (Å²) in [6, 6.07) is 0.876. The molecule has 5 heteroatoms. The van der Waals surface area contributed by atoms with Gasteiger partial charge in [-0.05, 0) is 44.7 Å². The van der Waals surface area contributed by atoms with E-state index >= 15 is 0 Å². The Morgan fingerprint density at radius 3 is 2.18 bits per heavy atom. The fraction of sp³-hybridized carbons (Fsp3) is 0.941. The van der Waals surface area contributed by atoms with Crippen molar-refractivity contribution in [1.82, 2.24) is 9.80 Å². The van der Waals surface area contributed by atoms with Crippen LogP contribution in [-0.4, -0.2) is 66.9 Å². The molecule has 1 saturated carbocycles. The van der Waals surface area contributed by atoms with Crippen LogP contribution in [0.15, 0.2) is 0 Å². The topological polar surface area (TPSA) is 42.0 Å². The van der Waals surface area contributed by atoms with E-state index in [2.05, 4.69) is 4.90 Å². The Kier molecular flexibility index (Phi) is 4.13. The van der Waals surface area contributed by atoms with Crippen LogP contribution in [0.25, 0.3) is 0 Å². The summed E-state index contributed by atoms with van der Waals surface area (Å²) in [5.74, 6) is 0.571. The van der Waals surface area contributed by atoms with Gasteiger partial charge in [-0.1, -0.05) is 0 Å². The van der Waals surface area contributed by atoms with E-state index in [1.54, 1.807) is 0 Å². The first-order valence-electron chi connectivity index (χ1n) is 9.04. The van der Waals surface area contributed by atoms with Crippen LogP contribution in [0.5, 0.6) is 0 Å². The third-order valence-electron chi connectivity index (χ3n) is 5.87. The number of piperidine rings is 2. The van der Waals surface area contributed by atoms with Gasteiger partial charge in [0.2, 0.25) is 5.91 Å². The van der Waals surface area contributed by atoms with Gasteiger partial charge >= 0.3 is 0 Å². The van der Waals surface area contributed by atoms with Gasteiger partial charge in [-0.3, -0.25) is 4.79 Å². The second kappa shape index (κ2) is 6.10. The average molecular weight is 308 g/mol. The van der Waals surface area contributed by atoms with E-state index in [0.717, 1.165) is 38.4 Å². The number of likely N-dealkylation sites (tertiary alicyclic amines) is 2. The summed E-state index contributed by atoms with van der Waals surface area (Å²) < 4.78 is 11.5. The zero-order valence-electron chi connectivity index (χ0n) is 13.5. The molecule has 3 saturated heterocycles. The van der Waals surface area contributed by atoms with Crippen molar-refractivity contribution in [3.8, 4) is 0 Å². The predicted molar refractivity (Wildman–Crippen MR) is 82.4 cm³/mol. The molecule has 0 aromatic carbocycles. The molecule has 1 spiro atoms. The van der Waals surface area contributed by atoms with Crippen LogP contribution >= 0.6 is 0 Å². The van der Waals surface area contributed by atoms with Crippen molar-refractivity contribution in [1.29, 1.82) is 0 Å².